The van der Waals surface area contributed by atoms with Gasteiger partial charge in [-0.2, -0.15) is 0 Å². The molecule has 2 aliphatic heterocycles. The van der Waals surface area contributed by atoms with E-state index in [1.807, 2.05) is 0 Å². The van der Waals surface area contributed by atoms with E-state index in [9.17, 15) is 0 Å². The van der Waals surface area contributed by atoms with Gasteiger partial charge in [-0.1, -0.05) is 234 Å². The summed E-state index contributed by atoms with van der Waals surface area (Å²) in [5, 5.41) is 5.86. The van der Waals surface area contributed by atoms with Gasteiger partial charge in [0.2, 0.25) is 0 Å². The molecule has 0 spiro atoms. The highest BCUT2D eigenvalue weighted by molar-refractivity contribution is 6.94. The molecule has 4 aromatic rings. The first kappa shape index (κ1) is 59.9. The zero-order valence-corrected chi connectivity index (χ0v) is 52.6. The van der Waals surface area contributed by atoms with E-state index in [2.05, 4.69) is 185 Å². The Labute approximate surface area is 451 Å². The summed E-state index contributed by atoms with van der Waals surface area (Å²) in [7, 11) is -4.74. The fraction of sp³-hybridized carbons (Fsp3) is 0.723. The van der Waals surface area contributed by atoms with Crippen molar-refractivity contribution in [3.8, 4) is 11.4 Å². The lowest BCUT2D eigenvalue weighted by Crippen LogP contribution is -2.53. The van der Waals surface area contributed by atoms with Gasteiger partial charge in [0.1, 0.15) is 5.75 Å². The van der Waals surface area contributed by atoms with Gasteiger partial charge in [-0.25, -0.2) is 0 Å². The lowest BCUT2D eigenvalue weighted by molar-refractivity contribution is -0.105. The third-order valence-electron chi connectivity index (χ3n) is 18.8. The minimum Gasteiger partial charge on any atom is -0.463 e. The van der Waals surface area contributed by atoms with Crippen LogP contribution >= 0.6 is 0 Å². The molecule has 2 aliphatic rings. The van der Waals surface area contributed by atoms with E-state index < -0.39 is 34.5 Å². The normalized spacial score (nSPS) is 18.0. The van der Waals surface area contributed by atoms with Gasteiger partial charge in [0.05, 0.1) is 50.7 Å². The maximum atomic E-state index is 7.51. The summed E-state index contributed by atoms with van der Waals surface area (Å²) in [6.07, 6.45) is 19.6. The molecule has 2 saturated heterocycles. The van der Waals surface area contributed by atoms with Crippen LogP contribution in [0, 0.1) is 5.41 Å². The highest BCUT2D eigenvalue weighted by Gasteiger charge is 2.53. The third-order valence-corrected chi connectivity index (χ3v) is 32.2. The van der Waals surface area contributed by atoms with Gasteiger partial charge in [-0.05, 0) is 104 Å². The fourth-order valence-electron chi connectivity index (χ4n) is 14.2. The monoisotopic (exact) mass is 1030 g/mol. The Morgan fingerprint density at radius 1 is 0.616 bits per heavy atom. The van der Waals surface area contributed by atoms with Crippen molar-refractivity contribution >= 4 is 60.9 Å². The van der Waals surface area contributed by atoms with Crippen molar-refractivity contribution in [2.75, 3.05) is 6.61 Å². The number of hydrogen-bond donors (Lipinski definition) is 0. The number of fused-ring (bicyclic) bond motifs is 3. The average molecular weight is 1030 g/mol. The number of hydrogen-bond acceptors (Lipinski definition) is 4. The topological polar surface area (TPSA) is 41.9 Å². The molecule has 8 heteroatoms. The van der Waals surface area contributed by atoms with Crippen molar-refractivity contribution in [3.05, 3.63) is 54.1 Å². The van der Waals surface area contributed by atoms with Crippen LogP contribution in [0.5, 0.6) is 5.75 Å². The van der Waals surface area contributed by atoms with Gasteiger partial charge in [0.15, 0.2) is 6.29 Å². The quantitative estimate of drug-likeness (QED) is 0.0464. The highest BCUT2D eigenvalue weighted by atomic mass is 28.3. The van der Waals surface area contributed by atoms with E-state index in [1.165, 1.54) is 117 Å². The number of aromatic nitrogens is 1. The van der Waals surface area contributed by atoms with E-state index in [4.69, 9.17) is 18.8 Å². The van der Waals surface area contributed by atoms with E-state index in [1.54, 1.807) is 10.4 Å². The molecular formula is C65H108BNO4Si2. The molecule has 0 radical (unpaired) electrons. The van der Waals surface area contributed by atoms with Gasteiger partial charge in [0.25, 0.3) is 0 Å². The smallest absolute Gasteiger partial charge is 0.463 e. The maximum Gasteiger partial charge on any atom is 0.498 e. The van der Waals surface area contributed by atoms with E-state index in [0.29, 0.717) is 28.8 Å². The van der Waals surface area contributed by atoms with Crippen LogP contribution < -0.4 is 20.6 Å². The Hall–Kier alpha value is -2.36. The zero-order valence-electron chi connectivity index (χ0n) is 50.6. The fourth-order valence-corrected chi connectivity index (χ4v) is 25.7. The first-order chi connectivity index (χ1) is 34.3. The maximum absolute atomic E-state index is 7.51. The Morgan fingerprint density at radius 3 is 1.48 bits per heavy atom. The van der Waals surface area contributed by atoms with Gasteiger partial charge in [-0.15, -0.1) is 0 Å². The molecule has 73 heavy (non-hydrogen) atoms. The molecule has 3 aromatic carbocycles. The van der Waals surface area contributed by atoms with E-state index in [-0.39, 0.29) is 17.1 Å². The van der Waals surface area contributed by atoms with Crippen LogP contribution in [0.25, 0.3) is 27.5 Å². The Bertz CT molecular complexity index is 2270. The summed E-state index contributed by atoms with van der Waals surface area (Å²) >= 11 is 0. The highest BCUT2D eigenvalue weighted by Crippen LogP contribution is 2.46. The molecule has 3 heterocycles. The molecule has 1 atom stereocenters. The van der Waals surface area contributed by atoms with Crippen molar-refractivity contribution in [3.63, 3.8) is 0 Å². The minimum absolute atomic E-state index is 0.102. The van der Waals surface area contributed by atoms with Crippen molar-refractivity contribution in [1.29, 1.82) is 0 Å². The number of nitrogens with zero attached hydrogens (tertiary/aromatic N) is 1. The summed E-state index contributed by atoms with van der Waals surface area (Å²) in [5.41, 5.74) is 7.22. The molecular weight excluding hydrogens is 926 g/mol. The van der Waals surface area contributed by atoms with Crippen LogP contribution in [0.15, 0.2) is 48.5 Å². The first-order valence-corrected chi connectivity index (χ1v) is 34.9. The first-order valence-electron chi connectivity index (χ1n) is 30.2. The summed E-state index contributed by atoms with van der Waals surface area (Å²) in [6.45, 7) is 46.5. The second-order valence-electron chi connectivity index (χ2n) is 27.6. The molecule has 0 amide bonds. The number of ether oxygens (including phenoxy) is 2. The van der Waals surface area contributed by atoms with Gasteiger partial charge >= 0.3 is 7.12 Å². The van der Waals surface area contributed by atoms with Crippen LogP contribution in [-0.4, -0.2) is 51.9 Å². The van der Waals surface area contributed by atoms with Gasteiger partial charge in [-0.3, -0.25) is 0 Å². The third kappa shape index (κ3) is 13.0. The Balaban J connectivity index is 1.76. The van der Waals surface area contributed by atoms with Crippen LogP contribution in [0.2, 0.25) is 34.3 Å². The summed E-state index contributed by atoms with van der Waals surface area (Å²) in [4.78, 5) is 0. The Kier molecular flexibility index (Phi) is 20.1. The average Bonchev–Trinajstić information content (AvgIpc) is 3.74. The van der Waals surface area contributed by atoms with Crippen LogP contribution in [0.1, 0.15) is 240 Å². The second kappa shape index (κ2) is 24.5. The molecule has 1 unspecified atom stereocenters. The predicted octanol–water partition coefficient (Wildman–Crippen LogP) is 18.4. The number of unbranched alkanes of at least 4 members (excludes halogenated alkanes) is 10. The number of rotatable bonds is 26. The molecule has 1 aromatic heterocycles. The van der Waals surface area contributed by atoms with E-state index in [0.717, 1.165) is 42.6 Å². The molecule has 0 N–H and O–H groups in total. The lowest BCUT2D eigenvalue weighted by Gasteiger charge is -2.40. The Morgan fingerprint density at radius 2 is 1.07 bits per heavy atom. The number of benzene rings is 3. The molecule has 5 nitrogen and oxygen atoms in total. The standard InChI is InChI=1S/C65H108BNO4Si2/c1-20-22-24-26-28-32-40-72(47(3)4,48(5)6)52-35-37-54-55-38-36-53(73(49(7)8,50(9)10)41-33-29-27-25-23-21-2)45-58(55)67(57(54)44-52)59-43-51(63(14,15)46-62(11,12)13)42-56(61(59)69-60-34-30-31-39-68-60)66-70-64(16,17)65(18,19)71-66/h35-38,42-45,47-50,60H,20-34,39-41,46H2,1-19H3. The largest absolute Gasteiger partial charge is 0.498 e. The van der Waals surface area contributed by atoms with Crippen LogP contribution in [0.4, 0.5) is 0 Å². The predicted molar refractivity (Wildman–Crippen MR) is 325 cm³/mol. The zero-order chi connectivity index (χ0) is 53.7. The van der Waals surface area contributed by atoms with E-state index >= 15 is 0 Å². The van der Waals surface area contributed by atoms with Crippen LogP contribution in [0.3, 0.4) is 0 Å². The summed E-state index contributed by atoms with van der Waals surface area (Å²) < 4.78 is 31.0. The van der Waals surface area contributed by atoms with Crippen molar-refractivity contribution in [2.24, 2.45) is 5.41 Å². The molecule has 408 valence electrons. The second-order valence-corrected chi connectivity index (χ2v) is 38.5. The molecule has 0 bridgehead atoms. The minimum atomic E-state index is -2.06. The van der Waals surface area contributed by atoms with Crippen molar-refractivity contribution in [1.82, 2.24) is 4.57 Å². The van der Waals surface area contributed by atoms with Gasteiger partial charge in [0, 0.05) is 22.7 Å². The van der Waals surface area contributed by atoms with Crippen molar-refractivity contribution < 1.29 is 18.8 Å². The lowest BCUT2D eigenvalue weighted by atomic mass is 9.69. The summed E-state index contributed by atoms with van der Waals surface area (Å²) in [5.74, 6) is 0.835. The molecule has 0 aliphatic carbocycles. The molecule has 6 rings (SSSR count). The molecule has 0 saturated carbocycles. The van der Waals surface area contributed by atoms with Crippen LogP contribution in [-0.2, 0) is 19.5 Å². The van der Waals surface area contributed by atoms with Crippen molar-refractivity contribution in [2.45, 2.75) is 291 Å². The molecule has 2 fully saturated rings. The summed E-state index contributed by atoms with van der Waals surface area (Å²) in [6, 6.07) is 23.2. The SMILES string of the molecule is CCCCCCCC[Si](c1ccc2c3ccc([Si](CCCCCCCC)(C(C)C)C(C)C)cc3n(-c3cc(C(C)(C)CC(C)(C)C)cc(B4OC(C)(C)C(C)(C)O4)c3OC3CCCCO3)c2c1)(C(C)C)C(C)C. The van der Waals surface area contributed by atoms with Gasteiger partial charge < -0.3 is 23.3 Å².